The number of nitrogens with one attached hydrogen (secondary N) is 2. The molecule has 0 atom stereocenters. The summed E-state index contributed by atoms with van der Waals surface area (Å²) in [5.41, 5.74) is -0.466. The van der Waals surface area contributed by atoms with Gasteiger partial charge in [-0.3, -0.25) is 14.7 Å². The number of carbonyl (C=O) groups excluding carboxylic acids is 1. The number of carboxylic acids is 1. The van der Waals surface area contributed by atoms with Gasteiger partial charge >= 0.3 is 5.97 Å². The Bertz CT molecular complexity index is 448. The third-order valence-corrected chi connectivity index (χ3v) is 4.02. The minimum Gasteiger partial charge on any atom is -0.481 e. The first-order chi connectivity index (χ1) is 9.03. The number of hydrogen-bond donors (Lipinski definition) is 3. The molecule has 1 fully saturated rings. The quantitative estimate of drug-likeness (QED) is 0.767. The largest absolute Gasteiger partial charge is 0.481 e. The molecular formula is C13H19N3O3. The van der Waals surface area contributed by atoms with Gasteiger partial charge in [-0.25, -0.2) is 0 Å². The third kappa shape index (κ3) is 2.94. The number of hydrogen-bond acceptors (Lipinski definition) is 3. The van der Waals surface area contributed by atoms with Crippen LogP contribution < -0.4 is 5.32 Å². The van der Waals surface area contributed by atoms with Crippen LogP contribution in [0.3, 0.4) is 0 Å². The predicted octanol–water partition coefficient (Wildman–Crippen LogP) is 1.42. The lowest BCUT2D eigenvalue weighted by molar-refractivity contribution is -0.151. The van der Waals surface area contributed by atoms with E-state index < -0.39 is 11.4 Å². The van der Waals surface area contributed by atoms with E-state index in [9.17, 15) is 14.7 Å². The Labute approximate surface area is 111 Å². The minimum atomic E-state index is -0.817. The molecule has 0 radical (unpaired) electrons. The predicted molar refractivity (Wildman–Crippen MR) is 68.6 cm³/mol. The van der Waals surface area contributed by atoms with Gasteiger partial charge in [0, 0.05) is 12.7 Å². The number of nitrogens with zero attached hydrogens (tertiary/aromatic N) is 1. The maximum Gasteiger partial charge on any atom is 0.311 e. The average molecular weight is 265 g/mol. The Morgan fingerprint density at radius 3 is 2.74 bits per heavy atom. The Morgan fingerprint density at radius 2 is 2.21 bits per heavy atom. The van der Waals surface area contributed by atoms with Crippen molar-refractivity contribution in [3.05, 3.63) is 18.0 Å². The highest BCUT2D eigenvalue weighted by Gasteiger charge is 2.41. The van der Waals surface area contributed by atoms with Crippen molar-refractivity contribution in [3.63, 3.8) is 0 Å². The Kier molecular flexibility index (Phi) is 3.87. The zero-order valence-corrected chi connectivity index (χ0v) is 11.0. The summed E-state index contributed by atoms with van der Waals surface area (Å²) >= 11 is 0. The summed E-state index contributed by atoms with van der Waals surface area (Å²) in [4.78, 5) is 23.3. The van der Waals surface area contributed by atoms with Gasteiger partial charge in [0.15, 0.2) is 0 Å². The highest BCUT2D eigenvalue weighted by molar-refractivity contribution is 5.92. The summed E-state index contributed by atoms with van der Waals surface area (Å²) in [6.45, 7) is 2.31. The van der Waals surface area contributed by atoms with Gasteiger partial charge in [-0.2, -0.15) is 5.10 Å². The number of H-pyrrole nitrogens is 1. The molecule has 1 heterocycles. The van der Waals surface area contributed by atoms with Gasteiger partial charge in [-0.05, 0) is 37.7 Å². The van der Waals surface area contributed by atoms with Crippen LogP contribution in [0, 0.1) is 11.3 Å². The summed E-state index contributed by atoms with van der Waals surface area (Å²) in [6, 6.07) is 1.56. The number of aromatic amines is 1. The molecule has 0 saturated heterocycles. The molecule has 0 spiro atoms. The van der Waals surface area contributed by atoms with E-state index in [1.54, 1.807) is 6.07 Å². The maximum atomic E-state index is 11.8. The first kappa shape index (κ1) is 13.6. The number of aromatic nitrogens is 2. The monoisotopic (exact) mass is 265 g/mol. The van der Waals surface area contributed by atoms with E-state index in [1.165, 1.54) is 6.20 Å². The van der Waals surface area contributed by atoms with Crippen LogP contribution >= 0.6 is 0 Å². The second-order valence-electron chi connectivity index (χ2n) is 5.42. The van der Waals surface area contributed by atoms with Crippen LogP contribution in [0.15, 0.2) is 12.3 Å². The molecule has 1 aliphatic carbocycles. The second-order valence-corrected chi connectivity index (χ2v) is 5.42. The van der Waals surface area contributed by atoms with Crippen molar-refractivity contribution in [2.45, 2.75) is 32.6 Å². The summed E-state index contributed by atoms with van der Waals surface area (Å²) in [7, 11) is 0. The van der Waals surface area contributed by atoms with Gasteiger partial charge in [0.2, 0.25) is 0 Å². The van der Waals surface area contributed by atoms with E-state index >= 15 is 0 Å². The second kappa shape index (κ2) is 5.42. The molecule has 0 unspecified atom stereocenters. The van der Waals surface area contributed by atoms with Gasteiger partial charge in [0.25, 0.3) is 5.91 Å². The average Bonchev–Trinajstić information content (AvgIpc) is 2.92. The maximum absolute atomic E-state index is 11.8. The standard InChI is InChI=1S/C13H19N3O3/c1-9-2-5-13(6-3-9,12(18)19)8-14-11(17)10-4-7-15-16-10/h4,7,9H,2-3,5-6,8H2,1H3,(H,14,17)(H,15,16)(H,18,19). The van der Waals surface area contributed by atoms with Gasteiger partial charge in [0.1, 0.15) is 5.69 Å². The van der Waals surface area contributed by atoms with E-state index in [4.69, 9.17) is 0 Å². The number of amides is 1. The van der Waals surface area contributed by atoms with Crippen molar-refractivity contribution in [2.24, 2.45) is 11.3 Å². The smallest absolute Gasteiger partial charge is 0.311 e. The van der Waals surface area contributed by atoms with Crippen LogP contribution in [0.5, 0.6) is 0 Å². The highest BCUT2D eigenvalue weighted by atomic mass is 16.4. The topological polar surface area (TPSA) is 95.1 Å². The molecule has 0 aliphatic heterocycles. The van der Waals surface area contributed by atoms with Crippen LogP contribution in [0.1, 0.15) is 43.1 Å². The molecular weight excluding hydrogens is 246 g/mol. The van der Waals surface area contributed by atoms with E-state index in [0.717, 1.165) is 12.8 Å². The Morgan fingerprint density at radius 1 is 1.53 bits per heavy atom. The van der Waals surface area contributed by atoms with Crippen molar-refractivity contribution in [3.8, 4) is 0 Å². The lowest BCUT2D eigenvalue weighted by Gasteiger charge is -2.35. The molecule has 104 valence electrons. The van der Waals surface area contributed by atoms with E-state index in [1.807, 2.05) is 0 Å². The molecule has 1 saturated carbocycles. The number of aliphatic carboxylic acids is 1. The van der Waals surface area contributed by atoms with Crippen molar-refractivity contribution >= 4 is 11.9 Å². The lowest BCUT2D eigenvalue weighted by atomic mass is 9.71. The number of rotatable bonds is 4. The highest BCUT2D eigenvalue weighted by Crippen LogP contribution is 2.38. The van der Waals surface area contributed by atoms with Crippen LogP contribution in [-0.4, -0.2) is 33.7 Å². The van der Waals surface area contributed by atoms with Gasteiger partial charge < -0.3 is 10.4 Å². The summed E-state index contributed by atoms with van der Waals surface area (Å²) in [5, 5.41) is 18.4. The first-order valence-electron chi connectivity index (χ1n) is 6.54. The molecule has 19 heavy (non-hydrogen) atoms. The molecule has 0 aromatic carbocycles. The molecule has 0 bridgehead atoms. The van der Waals surface area contributed by atoms with Crippen LogP contribution in [0.2, 0.25) is 0 Å². The van der Waals surface area contributed by atoms with Crippen molar-refractivity contribution < 1.29 is 14.7 Å². The molecule has 6 nitrogen and oxygen atoms in total. The van der Waals surface area contributed by atoms with Crippen LogP contribution in [-0.2, 0) is 4.79 Å². The molecule has 2 rings (SSSR count). The molecule has 6 heteroatoms. The summed E-state index contributed by atoms with van der Waals surface area (Å²) in [5.74, 6) is -0.558. The fraction of sp³-hybridized carbons (Fsp3) is 0.615. The van der Waals surface area contributed by atoms with E-state index in [-0.39, 0.29) is 12.5 Å². The van der Waals surface area contributed by atoms with Crippen LogP contribution in [0.4, 0.5) is 0 Å². The molecule has 1 aliphatic rings. The SMILES string of the molecule is CC1CCC(CNC(=O)c2ccn[nH]2)(C(=O)O)CC1. The number of carbonyl (C=O) groups is 2. The van der Waals surface area contributed by atoms with E-state index in [2.05, 4.69) is 22.4 Å². The fourth-order valence-corrected chi connectivity index (χ4v) is 2.51. The zero-order valence-electron chi connectivity index (χ0n) is 11.0. The summed E-state index contributed by atoms with van der Waals surface area (Å²) in [6.07, 6.45) is 4.52. The van der Waals surface area contributed by atoms with Crippen molar-refractivity contribution in [2.75, 3.05) is 6.54 Å². The Hall–Kier alpha value is -1.85. The fourth-order valence-electron chi connectivity index (χ4n) is 2.51. The van der Waals surface area contributed by atoms with Crippen LogP contribution in [0.25, 0.3) is 0 Å². The molecule has 3 N–H and O–H groups in total. The minimum absolute atomic E-state index is 0.174. The molecule has 1 amide bonds. The van der Waals surface area contributed by atoms with E-state index in [0.29, 0.717) is 24.5 Å². The normalized spacial score (nSPS) is 26.9. The van der Waals surface area contributed by atoms with Gasteiger partial charge in [-0.1, -0.05) is 6.92 Å². The first-order valence-corrected chi connectivity index (χ1v) is 6.54. The molecule has 1 aromatic heterocycles. The van der Waals surface area contributed by atoms with Gasteiger partial charge in [-0.15, -0.1) is 0 Å². The number of carboxylic acid groups (broad SMARTS) is 1. The summed E-state index contributed by atoms with van der Waals surface area (Å²) < 4.78 is 0. The lowest BCUT2D eigenvalue weighted by Crippen LogP contribution is -2.45. The van der Waals surface area contributed by atoms with Crippen molar-refractivity contribution in [1.29, 1.82) is 0 Å². The van der Waals surface area contributed by atoms with Crippen molar-refractivity contribution in [1.82, 2.24) is 15.5 Å². The molecule has 1 aromatic rings. The van der Waals surface area contributed by atoms with Gasteiger partial charge in [0.05, 0.1) is 5.41 Å². The third-order valence-electron chi connectivity index (χ3n) is 4.02. The Balaban J connectivity index is 1.98. The zero-order chi connectivity index (χ0) is 13.9.